The zero-order chi connectivity index (χ0) is 25.1. The summed E-state index contributed by atoms with van der Waals surface area (Å²) in [7, 11) is 0. The van der Waals surface area contributed by atoms with Gasteiger partial charge >= 0.3 is 0 Å². The molecule has 2 amide bonds. The molecule has 1 saturated heterocycles. The Morgan fingerprint density at radius 1 is 1.06 bits per heavy atom. The molecule has 0 aliphatic carbocycles. The molecule has 0 radical (unpaired) electrons. The number of thiocarbonyl (C=S) groups is 1. The number of carbonyl (C=O) groups excluding carboxylic acids is 2. The number of amides is 2. The highest BCUT2D eigenvalue weighted by Gasteiger charge is 2.33. The van der Waals surface area contributed by atoms with Gasteiger partial charge in [0.25, 0.3) is 11.8 Å². The van der Waals surface area contributed by atoms with E-state index in [1.54, 1.807) is 24.3 Å². The molecule has 8 heteroatoms. The first-order valence-electron chi connectivity index (χ1n) is 10.9. The molecule has 5 nitrogen and oxygen atoms in total. The quantitative estimate of drug-likeness (QED) is 0.289. The molecule has 0 aromatic heterocycles. The predicted molar refractivity (Wildman–Crippen MR) is 148 cm³/mol. The minimum atomic E-state index is -0.253. The summed E-state index contributed by atoms with van der Waals surface area (Å²) < 4.78 is 6.12. The Balaban J connectivity index is 1.43. The Hall–Kier alpha value is -3.13. The van der Waals surface area contributed by atoms with Crippen molar-refractivity contribution < 1.29 is 14.3 Å². The second-order valence-electron chi connectivity index (χ2n) is 8.16. The van der Waals surface area contributed by atoms with Crippen molar-refractivity contribution in [2.24, 2.45) is 0 Å². The molecule has 0 bridgehead atoms. The van der Waals surface area contributed by atoms with E-state index in [2.05, 4.69) is 5.32 Å². The van der Waals surface area contributed by atoms with E-state index in [-0.39, 0.29) is 18.4 Å². The molecule has 1 fully saturated rings. The second-order valence-corrected chi connectivity index (χ2v) is 10.2. The summed E-state index contributed by atoms with van der Waals surface area (Å²) in [6.45, 7) is 5.79. The van der Waals surface area contributed by atoms with Crippen molar-refractivity contribution in [3.8, 4) is 5.75 Å². The number of nitrogens with one attached hydrogen (secondary N) is 1. The summed E-state index contributed by atoms with van der Waals surface area (Å²) in [4.78, 5) is 27.4. The fourth-order valence-corrected chi connectivity index (χ4v) is 4.90. The summed E-state index contributed by atoms with van der Waals surface area (Å²) >= 11 is 12.9. The number of ether oxygens (including phenoxy) is 1. The average molecular weight is 523 g/mol. The van der Waals surface area contributed by atoms with E-state index in [1.165, 1.54) is 16.7 Å². The molecule has 0 saturated carbocycles. The van der Waals surface area contributed by atoms with Crippen LogP contribution in [0.4, 0.5) is 11.4 Å². The Kier molecular flexibility index (Phi) is 7.60. The lowest BCUT2D eigenvalue weighted by Crippen LogP contribution is -2.27. The molecule has 1 heterocycles. The van der Waals surface area contributed by atoms with Gasteiger partial charge in [0.2, 0.25) is 0 Å². The number of hydrogen-bond donors (Lipinski definition) is 1. The fraction of sp³-hybridized carbons (Fsp3) is 0.148. The van der Waals surface area contributed by atoms with Crippen LogP contribution in [0.1, 0.15) is 22.3 Å². The van der Waals surface area contributed by atoms with Crippen LogP contribution in [0.5, 0.6) is 5.75 Å². The van der Waals surface area contributed by atoms with E-state index < -0.39 is 0 Å². The van der Waals surface area contributed by atoms with Crippen LogP contribution in [-0.4, -0.2) is 22.7 Å². The van der Waals surface area contributed by atoms with Crippen molar-refractivity contribution in [1.82, 2.24) is 0 Å². The highest BCUT2D eigenvalue weighted by atomic mass is 35.5. The zero-order valence-electron chi connectivity index (χ0n) is 19.4. The summed E-state index contributed by atoms with van der Waals surface area (Å²) in [5.74, 6) is 0.0603. The number of benzene rings is 3. The van der Waals surface area contributed by atoms with E-state index in [1.807, 2.05) is 63.2 Å². The standard InChI is InChI=1S/C27H23ClN2O3S2/c1-16-7-9-20(11-18(16)3)29-25(31)15-33-22-6-4-5-19(12-22)13-24-26(32)30(27(34)35-24)21-10-8-17(2)23(28)14-21/h4-14H,15H2,1-3H3,(H,29,31)/b24-13-. The van der Waals surface area contributed by atoms with Crippen LogP contribution in [0.3, 0.4) is 0 Å². The Morgan fingerprint density at radius 3 is 2.57 bits per heavy atom. The van der Waals surface area contributed by atoms with Crippen LogP contribution in [0.25, 0.3) is 6.08 Å². The maximum absolute atomic E-state index is 13.1. The summed E-state index contributed by atoms with van der Waals surface area (Å²) in [6, 6.07) is 18.4. The van der Waals surface area contributed by atoms with Crippen molar-refractivity contribution in [2.45, 2.75) is 20.8 Å². The van der Waals surface area contributed by atoms with Gasteiger partial charge < -0.3 is 10.1 Å². The number of hydrogen-bond acceptors (Lipinski definition) is 5. The molecule has 4 rings (SSSR count). The van der Waals surface area contributed by atoms with Crippen LogP contribution < -0.4 is 15.0 Å². The third-order valence-electron chi connectivity index (χ3n) is 5.52. The van der Waals surface area contributed by atoms with Crippen molar-refractivity contribution in [2.75, 3.05) is 16.8 Å². The monoisotopic (exact) mass is 522 g/mol. The lowest BCUT2D eigenvalue weighted by atomic mass is 10.1. The number of carbonyl (C=O) groups is 2. The van der Waals surface area contributed by atoms with E-state index in [0.29, 0.717) is 25.7 Å². The molecule has 3 aromatic carbocycles. The summed E-state index contributed by atoms with van der Waals surface area (Å²) in [5.41, 5.74) is 5.32. The van der Waals surface area contributed by atoms with Crippen LogP contribution in [0.2, 0.25) is 5.02 Å². The van der Waals surface area contributed by atoms with Gasteiger partial charge in [-0.05, 0) is 85.5 Å². The molecule has 0 spiro atoms. The van der Waals surface area contributed by atoms with E-state index in [9.17, 15) is 9.59 Å². The molecular weight excluding hydrogens is 500 g/mol. The molecule has 1 aliphatic rings. The van der Waals surface area contributed by atoms with Crippen molar-refractivity contribution in [3.05, 3.63) is 92.8 Å². The number of rotatable bonds is 6. The normalized spacial score (nSPS) is 14.5. The Bertz CT molecular complexity index is 1370. The lowest BCUT2D eigenvalue weighted by molar-refractivity contribution is -0.118. The van der Waals surface area contributed by atoms with E-state index >= 15 is 0 Å². The third-order valence-corrected chi connectivity index (χ3v) is 7.23. The van der Waals surface area contributed by atoms with Crippen molar-refractivity contribution in [1.29, 1.82) is 0 Å². The number of anilines is 2. The van der Waals surface area contributed by atoms with Gasteiger partial charge in [-0.2, -0.15) is 0 Å². The third kappa shape index (κ3) is 5.93. The second kappa shape index (κ2) is 10.6. The topological polar surface area (TPSA) is 58.6 Å². The number of halogens is 1. The van der Waals surface area contributed by atoms with Crippen molar-refractivity contribution in [3.63, 3.8) is 0 Å². The van der Waals surface area contributed by atoms with Crippen LogP contribution in [0.15, 0.2) is 65.6 Å². The highest BCUT2D eigenvalue weighted by molar-refractivity contribution is 8.27. The van der Waals surface area contributed by atoms with E-state index in [0.717, 1.165) is 27.9 Å². The molecule has 1 N–H and O–H groups in total. The van der Waals surface area contributed by atoms with Gasteiger partial charge in [-0.15, -0.1) is 0 Å². The summed E-state index contributed by atoms with van der Waals surface area (Å²) in [6.07, 6.45) is 1.76. The first-order valence-corrected chi connectivity index (χ1v) is 12.5. The first kappa shape index (κ1) is 25.0. The van der Waals surface area contributed by atoms with Crippen LogP contribution >= 0.6 is 35.6 Å². The van der Waals surface area contributed by atoms with E-state index in [4.69, 9.17) is 28.6 Å². The number of thioether (sulfide) groups is 1. The van der Waals surface area contributed by atoms with Gasteiger partial charge in [0, 0.05) is 10.7 Å². The zero-order valence-corrected chi connectivity index (χ0v) is 21.8. The van der Waals surface area contributed by atoms with Gasteiger partial charge in [-0.1, -0.05) is 59.8 Å². The molecule has 35 heavy (non-hydrogen) atoms. The van der Waals surface area contributed by atoms with Crippen molar-refractivity contribution >= 4 is 69.2 Å². The molecule has 3 aromatic rings. The first-order chi connectivity index (χ1) is 16.7. The lowest BCUT2D eigenvalue weighted by Gasteiger charge is -2.15. The molecule has 0 atom stereocenters. The smallest absolute Gasteiger partial charge is 0.270 e. The maximum atomic E-state index is 13.1. The largest absolute Gasteiger partial charge is 0.484 e. The highest BCUT2D eigenvalue weighted by Crippen LogP contribution is 2.37. The predicted octanol–water partition coefficient (Wildman–Crippen LogP) is 6.69. The Labute approximate surface area is 219 Å². The van der Waals surface area contributed by atoms with Gasteiger partial charge in [0.1, 0.15) is 5.75 Å². The summed E-state index contributed by atoms with van der Waals surface area (Å²) in [5, 5.41) is 3.41. The average Bonchev–Trinajstić information content (AvgIpc) is 3.09. The van der Waals surface area contributed by atoms with Gasteiger partial charge in [-0.3, -0.25) is 14.5 Å². The Morgan fingerprint density at radius 2 is 1.83 bits per heavy atom. The minimum Gasteiger partial charge on any atom is -0.484 e. The number of nitrogens with zero attached hydrogens (tertiary/aromatic N) is 1. The molecule has 0 unspecified atom stereocenters. The fourth-order valence-electron chi connectivity index (χ4n) is 3.42. The van der Waals surface area contributed by atoms with Gasteiger partial charge in [0.05, 0.1) is 10.6 Å². The van der Waals surface area contributed by atoms with Gasteiger partial charge in [0.15, 0.2) is 10.9 Å². The van der Waals surface area contributed by atoms with Gasteiger partial charge in [-0.25, -0.2) is 0 Å². The minimum absolute atomic E-state index is 0.132. The number of aryl methyl sites for hydroxylation is 3. The molecular formula is C27H23ClN2O3S2. The maximum Gasteiger partial charge on any atom is 0.270 e. The SMILES string of the molecule is Cc1ccc(NC(=O)COc2cccc(/C=C3\SC(=S)N(c4ccc(C)c(Cl)c4)C3=O)c2)cc1C. The van der Waals surface area contributed by atoms with Crippen LogP contribution in [-0.2, 0) is 9.59 Å². The molecule has 178 valence electrons. The molecule has 1 aliphatic heterocycles. The van der Waals surface area contributed by atoms with Crippen LogP contribution in [0, 0.1) is 20.8 Å².